The van der Waals surface area contributed by atoms with Gasteiger partial charge in [0.05, 0.1) is 12.0 Å². The first-order valence-corrected chi connectivity index (χ1v) is 7.67. The van der Waals surface area contributed by atoms with Crippen molar-refractivity contribution >= 4 is 11.6 Å². The van der Waals surface area contributed by atoms with Crippen LogP contribution in [0.15, 0.2) is 18.2 Å². The van der Waals surface area contributed by atoms with Crippen LogP contribution in [0.2, 0.25) is 0 Å². The van der Waals surface area contributed by atoms with Gasteiger partial charge in [0.15, 0.2) is 0 Å². The summed E-state index contributed by atoms with van der Waals surface area (Å²) < 4.78 is 11.2. The summed E-state index contributed by atoms with van der Waals surface area (Å²) in [6.07, 6.45) is 3.27. The van der Waals surface area contributed by atoms with E-state index in [4.69, 9.17) is 21.1 Å². The number of halogens is 1. The van der Waals surface area contributed by atoms with Crippen LogP contribution in [0.25, 0.3) is 0 Å². The van der Waals surface area contributed by atoms with E-state index < -0.39 is 0 Å². The minimum Gasteiger partial charge on any atom is -0.493 e. The summed E-state index contributed by atoms with van der Waals surface area (Å²) in [5.74, 6) is 2.08. The van der Waals surface area contributed by atoms with E-state index in [9.17, 15) is 0 Å². The lowest BCUT2D eigenvalue weighted by atomic mass is 9.83. The van der Waals surface area contributed by atoms with Gasteiger partial charge in [-0.25, -0.2) is 0 Å². The predicted molar refractivity (Wildman–Crippen MR) is 76.9 cm³/mol. The largest absolute Gasteiger partial charge is 0.493 e. The van der Waals surface area contributed by atoms with Crippen LogP contribution in [0.1, 0.15) is 36.3 Å². The Labute approximate surface area is 120 Å². The molecule has 19 heavy (non-hydrogen) atoms. The highest BCUT2D eigenvalue weighted by Gasteiger charge is 2.30. The Kier molecular flexibility index (Phi) is 3.99. The first-order chi connectivity index (χ1) is 9.25. The standard InChI is InChI=1S/C16H21ClO2/c1-11-10-18-8-6-14(11)16(17)13-4-5-15-12(9-13)3-2-7-19-15/h4-5,9,11,14,16H,2-3,6-8,10H2,1H3. The molecule has 104 valence electrons. The Balaban J connectivity index is 1.80. The van der Waals surface area contributed by atoms with E-state index in [0.717, 1.165) is 44.8 Å². The van der Waals surface area contributed by atoms with E-state index in [0.29, 0.717) is 11.8 Å². The van der Waals surface area contributed by atoms with E-state index in [1.165, 1.54) is 11.1 Å². The molecule has 0 aromatic heterocycles. The average Bonchev–Trinajstić information content (AvgIpc) is 2.46. The molecular weight excluding hydrogens is 260 g/mol. The fraction of sp³-hybridized carbons (Fsp3) is 0.625. The number of aryl methyl sites for hydroxylation is 1. The van der Waals surface area contributed by atoms with Gasteiger partial charge in [-0.15, -0.1) is 11.6 Å². The molecule has 1 fully saturated rings. The van der Waals surface area contributed by atoms with Crippen LogP contribution in [-0.2, 0) is 11.2 Å². The van der Waals surface area contributed by atoms with Crippen LogP contribution >= 0.6 is 11.6 Å². The van der Waals surface area contributed by atoms with Gasteiger partial charge in [0.1, 0.15) is 5.75 Å². The van der Waals surface area contributed by atoms with Gasteiger partial charge < -0.3 is 9.47 Å². The molecule has 3 atom stereocenters. The third-order valence-electron chi connectivity index (χ3n) is 4.33. The van der Waals surface area contributed by atoms with Gasteiger partial charge in [-0.1, -0.05) is 19.1 Å². The molecule has 0 bridgehead atoms. The van der Waals surface area contributed by atoms with Crippen molar-refractivity contribution in [3.05, 3.63) is 29.3 Å². The number of ether oxygens (including phenoxy) is 2. The Morgan fingerprint density at radius 3 is 3.05 bits per heavy atom. The summed E-state index contributed by atoms with van der Waals surface area (Å²) in [7, 11) is 0. The quantitative estimate of drug-likeness (QED) is 0.764. The maximum Gasteiger partial charge on any atom is 0.122 e. The van der Waals surface area contributed by atoms with E-state index in [-0.39, 0.29) is 5.38 Å². The van der Waals surface area contributed by atoms with E-state index in [1.807, 2.05) is 0 Å². The SMILES string of the molecule is CC1COCCC1C(Cl)c1ccc2c(c1)CCCO2. The molecule has 0 spiro atoms. The molecule has 1 aromatic rings. The third-order valence-corrected chi connectivity index (χ3v) is 4.91. The molecule has 0 aliphatic carbocycles. The number of rotatable bonds is 2. The minimum absolute atomic E-state index is 0.0890. The molecule has 2 nitrogen and oxygen atoms in total. The first-order valence-electron chi connectivity index (χ1n) is 7.23. The van der Waals surface area contributed by atoms with Crippen molar-refractivity contribution in [1.82, 2.24) is 0 Å². The van der Waals surface area contributed by atoms with Crippen molar-refractivity contribution in [3.63, 3.8) is 0 Å². The maximum atomic E-state index is 6.73. The molecule has 2 aliphatic heterocycles. The molecule has 2 heterocycles. The second kappa shape index (κ2) is 5.72. The second-order valence-corrected chi connectivity index (χ2v) is 6.20. The summed E-state index contributed by atoms with van der Waals surface area (Å²) >= 11 is 6.73. The zero-order valence-electron chi connectivity index (χ0n) is 11.4. The van der Waals surface area contributed by atoms with Crippen molar-refractivity contribution in [2.45, 2.75) is 31.6 Å². The molecule has 3 heteroatoms. The Bertz CT molecular complexity index is 446. The van der Waals surface area contributed by atoms with E-state index in [1.54, 1.807) is 0 Å². The van der Waals surface area contributed by atoms with Crippen molar-refractivity contribution in [1.29, 1.82) is 0 Å². The highest BCUT2D eigenvalue weighted by Crippen LogP contribution is 2.40. The molecule has 0 radical (unpaired) electrons. The lowest BCUT2D eigenvalue weighted by Crippen LogP contribution is -2.28. The number of benzene rings is 1. The van der Waals surface area contributed by atoms with Crippen molar-refractivity contribution in [2.24, 2.45) is 11.8 Å². The second-order valence-electron chi connectivity index (χ2n) is 5.73. The van der Waals surface area contributed by atoms with Crippen LogP contribution in [0, 0.1) is 11.8 Å². The molecule has 2 aliphatic rings. The topological polar surface area (TPSA) is 18.5 Å². The lowest BCUT2D eigenvalue weighted by molar-refractivity contribution is 0.0228. The van der Waals surface area contributed by atoms with Crippen molar-refractivity contribution in [3.8, 4) is 5.75 Å². The Morgan fingerprint density at radius 1 is 1.32 bits per heavy atom. The first kappa shape index (κ1) is 13.3. The fourth-order valence-corrected chi connectivity index (χ4v) is 3.64. The average molecular weight is 281 g/mol. The summed E-state index contributed by atoms with van der Waals surface area (Å²) in [5.41, 5.74) is 2.55. The summed E-state index contributed by atoms with van der Waals surface area (Å²) in [5, 5.41) is 0.0890. The Morgan fingerprint density at radius 2 is 2.21 bits per heavy atom. The van der Waals surface area contributed by atoms with Crippen molar-refractivity contribution < 1.29 is 9.47 Å². The molecule has 0 amide bonds. The van der Waals surface area contributed by atoms with Gasteiger partial charge in [-0.3, -0.25) is 0 Å². The smallest absolute Gasteiger partial charge is 0.122 e. The highest BCUT2D eigenvalue weighted by molar-refractivity contribution is 6.21. The van der Waals surface area contributed by atoms with E-state index in [2.05, 4.69) is 25.1 Å². The molecule has 3 rings (SSSR count). The monoisotopic (exact) mass is 280 g/mol. The highest BCUT2D eigenvalue weighted by atomic mass is 35.5. The number of hydrogen-bond acceptors (Lipinski definition) is 2. The van der Waals surface area contributed by atoms with Crippen LogP contribution in [0.3, 0.4) is 0 Å². The number of fused-ring (bicyclic) bond motifs is 1. The summed E-state index contributed by atoms with van der Waals surface area (Å²) in [6, 6.07) is 6.46. The number of hydrogen-bond donors (Lipinski definition) is 0. The molecule has 1 aromatic carbocycles. The lowest BCUT2D eigenvalue weighted by Gasteiger charge is -2.32. The Hall–Kier alpha value is -0.730. The van der Waals surface area contributed by atoms with Crippen LogP contribution < -0.4 is 4.74 Å². The predicted octanol–water partition coefficient (Wildman–Crippen LogP) is 3.96. The van der Waals surface area contributed by atoms with Gasteiger partial charge in [0, 0.05) is 13.2 Å². The molecule has 0 saturated carbocycles. The molecule has 3 unspecified atom stereocenters. The summed E-state index contributed by atoms with van der Waals surface area (Å²) in [6.45, 7) is 4.75. The maximum absolute atomic E-state index is 6.73. The van der Waals surface area contributed by atoms with Crippen molar-refractivity contribution in [2.75, 3.05) is 19.8 Å². The minimum atomic E-state index is 0.0890. The molecular formula is C16H21ClO2. The van der Waals surface area contributed by atoms with Gasteiger partial charge in [-0.2, -0.15) is 0 Å². The fourth-order valence-electron chi connectivity index (χ4n) is 3.13. The molecule has 0 N–H and O–H groups in total. The zero-order chi connectivity index (χ0) is 13.2. The third kappa shape index (κ3) is 2.75. The summed E-state index contributed by atoms with van der Waals surface area (Å²) in [4.78, 5) is 0. The number of alkyl halides is 1. The van der Waals surface area contributed by atoms with Gasteiger partial charge in [0.25, 0.3) is 0 Å². The zero-order valence-corrected chi connectivity index (χ0v) is 12.2. The van der Waals surface area contributed by atoms with Gasteiger partial charge in [-0.05, 0) is 48.3 Å². The van der Waals surface area contributed by atoms with Gasteiger partial charge >= 0.3 is 0 Å². The normalized spacial score (nSPS) is 28.3. The van der Waals surface area contributed by atoms with Crippen LogP contribution in [-0.4, -0.2) is 19.8 Å². The van der Waals surface area contributed by atoms with E-state index >= 15 is 0 Å². The van der Waals surface area contributed by atoms with Gasteiger partial charge in [0.2, 0.25) is 0 Å². The van der Waals surface area contributed by atoms with Crippen LogP contribution in [0.4, 0.5) is 0 Å². The van der Waals surface area contributed by atoms with Crippen LogP contribution in [0.5, 0.6) is 5.75 Å². The molecule has 1 saturated heterocycles.